The van der Waals surface area contributed by atoms with Gasteiger partial charge < -0.3 is 10.1 Å². The second-order valence-electron chi connectivity index (χ2n) is 5.07. The topological polar surface area (TPSA) is 53.1 Å². The number of H-pyrrole nitrogens is 1. The molecule has 1 heterocycles. The largest absolute Gasteiger partial charge is 0.481 e. The highest BCUT2D eigenvalue weighted by molar-refractivity contribution is 9.10. The van der Waals surface area contributed by atoms with Gasteiger partial charge >= 0.3 is 5.97 Å². The monoisotopic (exact) mass is 421 g/mol. The predicted molar refractivity (Wildman–Crippen MR) is 95.1 cm³/mol. The molecule has 0 aliphatic carbocycles. The van der Waals surface area contributed by atoms with Crippen LogP contribution in [0.1, 0.15) is 12.0 Å². The molecule has 5 heteroatoms. The van der Waals surface area contributed by atoms with E-state index in [1.54, 1.807) is 0 Å². The van der Waals surface area contributed by atoms with Crippen molar-refractivity contribution in [2.24, 2.45) is 0 Å². The summed E-state index contributed by atoms with van der Waals surface area (Å²) in [6, 6.07) is 14.0. The Morgan fingerprint density at radius 2 is 1.73 bits per heavy atom. The molecular weight excluding hydrogens is 410 g/mol. The van der Waals surface area contributed by atoms with Crippen molar-refractivity contribution in [1.29, 1.82) is 0 Å². The summed E-state index contributed by atoms with van der Waals surface area (Å²) >= 11 is 6.92. The molecule has 1 aromatic heterocycles. The highest BCUT2D eigenvalue weighted by Gasteiger charge is 2.14. The number of aromatic amines is 1. The SMILES string of the molecule is O=C(O)CCc1c(-c2ccc(Br)cc2)[nH]c2ccc(Br)cc12. The summed E-state index contributed by atoms with van der Waals surface area (Å²) in [4.78, 5) is 14.4. The van der Waals surface area contributed by atoms with E-state index in [2.05, 4.69) is 36.8 Å². The third-order valence-corrected chi connectivity index (χ3v) is 4.61. The van der Waals surface area contributed by atoms with Crippen LogP contribution in [0, 0.1) is 0 Å². The van der Waals surface area contributed by atoms with Crippen LogP contribution in [-0.4, -0.2) is 16.1 Å². The van der Waals surface area contributed by atoms with Crippen LogP contribution in [0.2, 0.25) is 0 Å². The molecule has 0 spiro atoms. The number of aromatic nitrogens is 1. The molecule has 22 heavy (non-hydrogen) atoms. The molecule has 0 amide bonds. The minimum Gasteiger partial charge on any atom is -0.481 e. The van der Waals surface area contributed by atoms with Crippen LogP contribution >= 0.6 is 31.9 Å². The van der Waals surface area contributed by atoms with E-state index in [1.807, 2.05) is 42.5 Å². The highest BCUT2D eigenvalue weighted by atomic mass is 79.9. The Hall–Kier alpha value is -1.59. The van der Waals surface area contributed by atoms with Gasteiger partial charge in [-0.1, -0.05) is 44.0 Å². The van der Waals surface area contributed by atoms with Crippen LogP contribution in [0.25, 0.3) is 22.2 Å². The van der Waals surface area contributed by atoms with Crippen LogP contribution in [0.15, 0.2) is 51.4 Å². The smallest absolute Gasteiger partial charge is 0.303 e. The summed E-state index contributed by atoms with van der Waals surface area (Å²) in [7, 11) is 0. The number of fused-ring (bicyclic) bond motifs is 1. The molecule has 0 saturated heterocycles. The average Bonchev–Trinajstić information content (AvgIpc) is 2.83. The number of aryl methyl sites for hydroxylation is 1. The van der Waals surface area contributed by atoms with Crippen molar-refractivity contribution in [2.45, 2.75) is 12.8 Å². The minimum absolute atomic E-state index is 0.114. The molecule has 0 bridgehead atoms. The van der Waals surface area contributed by atoms with Gasteiger partial charge in [0.05, 0.1) is 0 Å². The zero-order valence-corrected chi connectivity index (χ0v) is 14.7. The number of halogens is 2. The Morgan fingerprint density at radius 3 is 2.41 bits per heavy atom. The lowest BCUT2D eigenvalue weighted by molar-refractivity contribution is -0.136. The van der Waals surface area contributed by atoms with E-state index in [9.17, 15) is 4.79 Å². The Bertz CT molecular complexity index is 838. The third-order valence-electron chi connectivity index (χ3n) is 3.59. The number of carbonyl (C=O) groups is 1. The van der Waals surface area contributed by atoms with Gasteiger partial charge in [0, 0.05) is 32.0 Å². The van der Waals surface area contributed by atoms with Crippen molar-refractivity contribution < 1.29 is 9.90 Å². The van der Waals surface area contributed by atoms with Crippen molar-refractivity contribution in [3.8, 4) is 11.3 Å². The second kappa shape index (κ2) is 6.26. The Morgan fingerprint density at radius 1 is 1.05 bits per heavy atom. The normalized spacial score (nSPS) is 11.0. The van der Waals surface area contributed by atoms with Crippen LogP contribution in [0.5, 0.6) is 0 Å². The first-order valence-corrected chi connectivity index (χ1v) is 8.41. The van der Waals surface area contributed by atoms with Gasteiger partial charge in [0.2, 0.25) is 0 Å². The lowest BCUT2D eigenvalue weighted by atomic mass is 10.0. The molecule has 0 saturated carbocycles. The zero-order valence-electron chi connectivity index (χ0n) is 11.6. The van der Waals surface area contributed by atoms with Crippen molar-refractivity contribution in [1.82, 2.24) is 4.98 Å². The maximum absolute atomic E-state index is 11.0. The Kier molecular flexibility index (Phi) is 4.36. The highest BCUT2D eigenvalue weighted by Crippen LogP contribution is 2.33. The molecular formula is C17H13Br2NO2. The lowest BCUT2D eigenvalue weighted by Gasteiger charge is -2.04. The molecule has 0 atom stereocenters. The Labute approximate surface area is 144 Å². The number of nitrogens with one attached hydrogen (secondary N) is 1. The van der Waals surface area contributed by atoms with Crippen LogP contribution < -0.4 is 0 Å². The van der Waals surface area contributed by atoms with Crippen molar-refractivity contribution in [3.05, 3.63) is 57.0 Å². The quantitative estimate of drug-likeness (QED) is 0.593. The van der Waals surface area contributed by atoms with E-state index in [0.717, 1.165) is 36.7 Å². The number of hydrogen-bond acceptors (Lipinski definition) is 1. The van der Waals surface area contributed by atoms with E-state index in [1.165, 1.54) is 0 Å². The number of carboxylic acid groups (broad SMARTS) is 1. The summed E-state index contributed by atoms with van der Waals surface area (Å²) in [5, 5.41) is 10.1. The third kappa shape index (κ3) is 3.10. The fourth-order valence-corrected chi connectivity index (χ4v) is 3.20. The minimum atomic E-state index is -0.786. The fraction of sp³-hybridized carbons (Fsp3) is 0.118. The van der Waals surface area contributed by atoms with Gasteiger partial charge in [0.25, 0.3) is 0 Å². The van der Waals surface area contributed by atoms with Gasteiger partial charge in [0.15, 0.2) is 0 Å². The molecule has 3 nitrogen and oxygen atoms in total. The molecule has 3 rings (SSSR count). The van der Waals surface area contributed by atoms with Crippen LogP contribution in [0.4, 0.5) is 0 Å². The summed E-state index contributed by atoms with van der Waals surface area (Å²) < 4.78 is 2.00. The first-order chi connectivity index (χ1) is 10.5. The van der Waals surface area contributed by atoms with Gasteiger partial charge in [-0.3, -0.25) is 4.79 Å². The number of rotatable bonds is 4. The molecule has 0 aliphatic heterocycles. The van der Waals surface area contributed by atoms with E-state index in [0.29, 0.717) is 6.42 Å². The molecule has 0 unspecified atom stereocenters. The maximum atomic E-state index is 11.0. The standard InChI is InChI=1S/C17H13Br2NO2/c18-11-3-1-10(2-4-11)17-13(6-8-16(21)22)14-9-12(19)5-7-15(14)20-17/h1-5,7,9,20H,6,8H2,(H,21,22). The molecule has 0 aliphatic rings. The molecule has 3 aromatic rings. The number of aliphatic carboxylic acids is 1. The van der Waals surface area contributed by atoms with Gasteiger partial charge in [-0.2, -0.15) is 0 Å². The predicted octanol–water partition coefficient (Wildman–Crippen LogP) is 5.38. The van der Waals surface area contributed by atoms with Crippen molar-refractivity contribution >= 4 is 48.7 Å². The van der Waals surface area contributed by atoms with Crippen molar-refractivity contribution in [3.63, 3.8) is 0 Å². The average molecular weight is 423 g/mol. The first-order valence-electron chi connectivity index (χ1n) is 6.82. The summed E-state index contributed by atoms with van der Waals surface area (Å²) in [5.41, 5.74) is 4.10. The second-order valence-corrected chi connectivity index (χ2v) is 6.90. The molecule has 112 valence electrons. The lowest BCUT2D eigenvalue weighted by Crippen LogP contribution is -1.98. The number of benzene rings is 2. The maximum Gasteiger partial charge on any atom is 0.303 e. The van der Waals surface area contributed by atoms with E-state index in [-0.39, 0.29) is 6.42 Å². The van der Waals surface area contributed by atoms with Gasteiger partial charge in [0.1, 0.15) is 0 Å². The molecule has 0 radical (unpaired) electrons. The van der Waals surface area contributed by atoms with E-state index >= 15 is 0 Å². The van der Waals surface area contributed by atoms with E-state index in [4.69, 9.17) is 5.11 Å². The summed E-state index contributed by atoms with van der Waals surface area (Å²) in [5.74, 6) is -0.786. The number of hydrogen-bond donors (Lipinski definition) is 2. The van der Waals surface area contributed by atoms with Gasteiger partial charge in [-0.05, 0) is 47.9 Å². The first kappa shape index (κ1) is 15.3. The van der Waals surface area contributed by atoms with Crippen LogP contribution in [0.3, 0.4) is 0 Å². The molecule has 2 aromatic carbocycles. The molecule has 0 fully saturated rings. The summed E-state index contributed by atoms with van der Waals surface area (Å²) in [6.07, 6.45) is 0.611. The van der Waals surface area contributed by atoms with Gasteiger partial charge in [-0.15, -0.1) is 0 Å². The summed E-state index contributed by atoms with van der Waals surface area (Å²) in [6.45, 7) is 0. The number of carboxylic acids is 1. The van der Waals surface area contributed by atoms with Crippen LogP contribution in [-0.2, 0) is 11.2 Å². The zero-order chi connectivity index (χ0) is 15.7. The van der Waals surface area contributed by atoms with Crippen molar-refractivity contribution in [2.75, 3.05) is 0 Å². The fourth-order valence-electron chi connectivity index (χ4n) is 2.57. The van der Waals surface area contributed by atoms with Gasteiger partial charge in [-0.25, -0.2) is 0 Å². The Balaban J connectivity index is 2.16. The molecule has 2 N–H and O–H groups in total. The van der Waals surface area contributed by atoms with E-state index < -0.39 is 5.97 Å².